The number of hydrogen-bond donors (Lipinski definition) is 3. The Balaban J connectivity index is 0.00000392. The van der Waals surface area contributed by atoms with Gasteiger partial charge in [0, 0.05) is 32.2 Å². The third-order valence-corrected chi connectivity index (χ3v) is 4.75. The molecule has 0 bridgehead atoms. The second-order valence-electron chi connectivity index (χ2n) is 7.76. The van der Waals surface area contributed by atoms with E-state index < -0.39 is 5.60 Å². The molecule has 1 aromatic heterocycles. The second kappa shape index (κ2) is 12.7. The van der Waals surface area contributed by atoms with Crippen molar-refractivity contribution in [2.75, 3.05) is 45.9 Å². The van der Waals surface area contributed by atoms with Gasteiger partial charge in [-0.1, -0.05) is 13.8 Å². The Bertz CT molecular complexity index is 558. The lowest BCUT2D eigenvalue weighted by molar-refractivity contribution is 0.0132. The number of morpholine rings is 1. The van der Waals surface area contributed by atoms with Crippen molar-refractivity contribution in [2.24, 2.45) is 10.9 Å². The first-order valence-electron chi connectivity index (χ1n) is 10.0. The summed E-state index contributed by atoms with van der Waals surface area (Å²) in [5.41, 5.74) is -1.13. The van der Waals surface area contributed by atoms with Crippen molar-refractivity contribution in [1.29, 1.82) is 0 Å². The summed E-state index contributed by atoms with van der Waals surface area (Å²) in [5.74, 6) is 1.86. The number of halogens is 1. The molecule has 1 aliphatic heterocycles. The number of nitrogens with one attached hydrogen (secondary N) is 2. The predicted octanol–water partition coefficient (Wildman–Crippen LogP) is 2.41. The van der Waals surface area contributed by atoms with E-state index in [0.717, 1.165) is 45.8 Å². The maximum Gasteiger partial charge on any atom is 0.191 e. The van der Waals surface area contributed by atoms with Gasteiger partial charge in [0.2, 0.25) is 0 Å². The minimum atomic E-state index is -1.13. The molecule has 7 nitrogen and oxygen atoms in total. The van der Waals surface area contributed by atoms with Gasteiger partial charge in [0.1, 0.15) is 11.4 Å². The lowest BCUT2D eigenvalue weighted by atomic mass is 10.0. The molecule has 8 heteroatoms. The summed E-state index contributed by atoms with van der Waals surface area (Å²) in [6, 6.07) is 3.98. The molecule has 0 aliphatic carbocycles. The van der Waals surface area contributed by atoms with Gasteiger partial charge in [0.05, 0.1) is 26.0 Å². The van der Waals surface area contributed by atoms with Crippen LogP contribution in [0.25, 0.3) is 0 Å². The lowest BCUT2D eigenvalue weighted by Gasteiger charge is -2.35. The van der Waals surface area contributed by atoms with Crippen LogP contribution in [0.15, 0.2) is 27.8 Å². The maximum atomic E-state index is 10.6. The number of hydrogen-bond acceptors (Lipinski definition) is 5. The molecule has 0 aromatic carbocycles. The van der Waals surface area contributed by atoms with Crippen molar-refractivity contribution in [2.45, 2.75) is 45.8 Å². The predicted molar refractivity (Wildman–Crippen MR) is 123 cm³/mol. The molecule has 2 unspecified atom stereocenters. The van der Waals surface area contributed by atoms with Crippen LogP contribution in [-0.2, 0) is 10.3 Å². The first-order chi connectivity index (χ1) is 12.9. The number of furan rings is 1. The van der Waals surface area contributed by atoms with Crippen LogP contribution in [0.1, 0.15) is 39.9 Å². The van der Waals surface area contributed by atoms with Crippen LogP contribution in [-0.4, -0.2) is 67.9 Å². The zero-order valence-corrected chi connectivity index (χ0v) is 19.9. The van der Waals surface area contributed by atoms with Crippen LogP contribution in [0.3, 0.4) is 0 Å². The van der Waals surface area contributed by atoms with Crippen molar-refractivity contribution in [3.8, 4) is 0 Å². The van der Waals surface area contributed by atoms with E-state index in [1.54, 1.807) is 25.3 Å². The molecule has 28 heavy (non-hydrogen) atoms. The van der Waals surface area contributed by atoms with E-state index in [0.29, 0.717) is 23.7 Å². The van der Waals surface area contributed by atoms with Gasteiger partial charge in [-0.05, 0) is 38.3 Å². The summed E-state index contributed by atoms with van der Waals surface area (Å²) >= 11 is 0. The summed E-state index contributed by atoms with van der Waals surface area (Å²) in [4.78, 5) is 7.08. The molecule has 1 fully saturated rings. The highest BCUT2D eigenvalue weighted by Gasteiger charge is 2.26. The summed E-state index contributed by atoms with van der Waals surface area (Å²) < 4.78 is 10.8. The van der Waals surface area contributed by atoms with Crippen LogP contribution >= 0.6 is 24.0 Å². The summed E-state index contributed by atoms with van der Waals surface area (Å²) in [7, 11) is 0. The van der Waals surface area contributed by atoms with Gasteiger partial charge in [-0.25, -0.2) is 4.99 Å². The Morgan fingerprint density at radius 3 is 2.61 bits per heavy atom. The maximum absolute atomic E-state index is 10.6. The SMILES string of the molecule is CCNC(=NCC(C)(O)c1ccco1)NCC(CC(C)C)N1CCOCC1.I. The zero-order valence-electron chi connectivity index (χ0n) is 17.6. The van der Waals surface area contributed by atoms with E-state index >= 15 is 0 Å². The minimum Gasteiger partial charge on any atom is -0.466 e. The van der Waals surface area contributed by atoms with Gasteiger partial charge < -0.3 is 24.9 Å². The molecule has 162 valence electrons. The van der Waals surface area contributed by atoms with Crippen molar-refractivity contribution < 1.29 is 14.3 Å². The summed E-state index contributed by atoms with van der Waals surface area (Å²) in [5, 5.41) is 17.3. The lowest BCUT2D eigenvalue weighted by Crippen LogP contribution is -2.51. The fourth-order valence-electron chi connectivity index (χ4n) is 3.30. The molecule has 2 atom stereocenters. The quantitative estimate of drug-likeness (QED) is 0.270. The van der Waals surface area contributed by atoms with E-state index in [1.807, 2.05) is 6.92 Å². The molecule has 0 spiro atoms. The normalized spacial score (nSPS) is 19.0. The highest BCUT2D eigenvalue weighted by Crippen LogP contribution is 2.21. The number of ether oxygens (including phenoxy) is 1. The van der Waals surface area contributed by atoms with E-state index in [2.05, 4.69) is 34.4 Å². The fourth-order valence-corrected chi connectivity index (χ4v) is 3.30. The zero-order chi connectivity index (χ0) is 19.7. The molecule has 0 saturated carbocycles. The molecule has 1 aromatic rings. The standard InChI is InChI=1S/C20H36N4O3.HI/c1-5-21-19(23-15-20(4,25)18-7-6-10-27-18)22-14-17(13-16(2)3)24-8-11-26-12-9-24;/h6-7,10,16-17,25H,5,8-9,11-15H2,1-4H3,(H2,21,22,23);1H. The van der Waals surface area contributed by atoms with Crippen molar-refractivity contribution >= 4 is 29.9 Å². The first kappa shape index (κ1) is 25.2. The van der Waals surface area contributed by atoms with Crippen LogP contribution in [0, 0.1) is 5.92 Å². The summed E-state index contributed by atoms with van der Waals surface area (Å²) in [6.07, 6.45) is 2.69. The van der Waals surface area contributed by atoms with E-state index in [-0.39, 0.29) is 30.5 Å². The molecule has 1 aliphatic rings. The van der Waals surface area contributed by atoms with Gasteiger partial charge in [-0.3, -0.25) is 4.90 Å². The third-order valence-electron chi connectivity index (χ3n) is 4.75. The van der Waals surface area contributed by atoms with E-state index in [1.165, 1.54) is 0 Å². The molecular formula is C20H37IN4O3. The highest BCUT2D eigenvalue weighted by molar-refractivity contribution is 14.0. The fraction of sp³-hybridized carbons (Fsp3) is 0.750. The highest BCUT2D eigenvalue weighted by atomic mass is 127. The molecule has 0 amide bonds. The van der Waals surface area contributed by atoms with Gasteiger partial charge in [-0.15, -0.1) is 24.0 Å². The third kappa shape index (κ3) is 8.26. The molecule has 2 rings (SSSR count). The Kier molecular flexibility index (Phi) is 11.4. The molecule has 2 heterocycles. The largest absolute Gasteiger partial charge is 0.466 e. The van der Waals surface area contributed by atoms with Gasteiger partial charge >= 0.3 is 0 Å². The average molecular weight is 508 g/mol. The minimum absolute atomic E-state index is 0. The molecule has 1 saturated heterocycles. The van der Waals surface area contributed by atoms with Gasteiger partial charge in [0.15, 0.2) is 5.96 Å². The Morgan fingerprint density at radius 2 is 2.04 bits per heavy atom. The molecular weight excluding hydrogens is 471 g/mol. The number of aliphatic hydroxyl groups is 1. The molecule has 3 N–H and O–H groups in total. The monoisotopic (exact) mass is 508 g/mol. The van der Waals surface area contributed by atoms with E-state index in [9.17, 15) is 5.11 Å². The number of guanidine groups is 1. The van der Waals surface area contributed by atoms with Crippen LogP contribution in [0.4, 0.5) is 0 Å². The van der Waals surface area contributed by atoms with Crippen molar-refractivity contribution in [3.05, 3.63) is 24.2 Å². The van der Waals surface area contributed by atoms with Gasteiger partial charge in [0.25, 0.3) is 0 Å². The molecule has 0 radical (unpaired) electrons. The first-order valence-corrected chi connectivity index (χ1v) is 10.0. The number of nitrogens with zero attached hydrogens (tertiary/aromatic N) is 2. The summed E-state index contributed by atoms with van der Waals surface area (Å²) in [6.45, 7) is 13.6. The van der Waals surface area contributed by atoms with Gasteiger partial charge in [-0.2, -0.15) is 0 Å². The Labute approximate surface area is 186 Å². The topological polar surface area (TPSA) is 82.3 Å². The van der Waals surface area contributed by atoms with Crippen LogP contribution < -0.4 is 10.6 Å². The van der Waals surface area contributed by atoms with Crippen LogP contribution in [0.5, 0.6) is 0 Å². The number of aliphatic imine (C=N–C) groups is 1. The van der Waals surface area contributed by atoms with Crippen molar-refractivity contribution in [3.63, 3.8) is 0 Å². The number of rotatable bonds is 9. The second-order valence-corrected chi connectivity index (χ2v) is 7.76. The Hall–Kier alpha value is -0.840. The smallest absolute Gasteiger partial charge is 0.191 e. The Morgan fingerprint density at radius 1 is 1.32 bits per heavy atom. The van der Waals surface area contributed by atoms with Crippen molar-refractivity contribution in [1.82, 2.24) is 15.5 Å². The average Bonchev–Trinajstić information content (AvgIpc) is 3.19. The van der Waals surface area contributed by atoms with Crippen LogP contribution in [0.2, 0.25) is 0 Å². The van der Waals surface area contributed by atoms with E-state index in [4.69, 9.17) is 9.15 Å².